The molecule has 56 heavy (non-hydrogen) atoms. The van der Waals surface area contributed by atoms with E-state index in [1.54, 1.807) is 6.07 Å². The average Bonchev–Trinajstić information content (AvgIpc) is 3.82. The summed E-state index contributed by atoms with van der Waals surface area (Å²) in [6, 6.07) is 47.0. The smallest absolute Gasteiger partial charge is 0.200 e. The molecule has 9 nitrogen and oxygen atoms in total. The van der Waals surface area contributed by atoms with Gasteiger partial charge in [0.2, 0.25) is 5.75 Å². The molecule has 0 saturated carbocycles. The van der Waals surface area contributed by atoms with Crippen LogP contribution in [-0.2, 0) is 0 Å². The van der Waals surface area contributed by atoms with E-state index in [0.717, 1.165) is 55.3 Å². The summed E-state index contributed by atoms with van der Waals surface area (Å²) in [6.07, 6.45) is 0. The largest absolute Gasteiger partial charge is 0.508 e. The Labute approximate surface area is 320 Å². The molecule has 3 heterocycles. The van der Waals surface area contributed by atoms with Gasteiger partial charge in [0.1, 0.15) is 30.3 Å². The lowest BCUT2D eigenvalue weighted by Crippen LogP contribution is -2.10. The third kappa shape index (κ3) is 5.11. The topological polar surface area (TPSA) is 136 Å². The fourth-order valence-electron chi connectivity index (χ4n) is 7.55. The van der Waals surface area contributed by atoms with Crippen molar-refractivity contribution in [2.45, 2.75) is 0 Å². The van der Waals surface area contributed by atoms with Crippen molar-refractivity contribution in [3.63, 3.8) is 0 Å². The highest BCUT2D eigenvalue weighted by atomic mass is 16.3. The predicted molar refractivity (Wildman–Crippen MR) is 222 cm³/mol. The zero-order valence-electron chi connectivity index (χ0n) is 29.8. The molecule has 7 aromatic carbocycles. The van der Waals surface area contributed by atoms with E-state index in [-0.39, 0.29) is 22.5 Å². The lowest BCUT2D eigenvalue weighted by molar-refractivity contribution is 0.365. The second-order valence-corrected chi connectivity index (χ2v) is 13.6. The van der Waals surface area contributed by atoms with Gasteiger partial charge in [-0.15, -0.1) is 0 Å². The second-order valence-electron chi connectivity index (χ2n) is 13.6. The van der Waals surface area contributed by atoms with Crippen LogP contribution in [-0.4, -0.2) is 38.2 Å². The molecule has 0 aliphatic heterocycles. The van der Waals surface area contributed by atoms with E-state index in [4.69, 9.17) is 18.8 Å². The summed E-state index contributed by atoms with van der Waals surface area (Å²) in [5.74, 6) is -2.22. The van der Waals surface area contributed by atoms with Crippen LogP contribution in [0, 0.1) is 0 Å². The molecular weight excluding hydrogens is 701 g/mol. The van der Waals surface area contributed by atoms with Crippen molar-refractivity contribution in [1.82, 2.24) is 9.97 Å². The van der Waals surface area contributed by atoms with E-state index >= 15 is 0 Å². The van der Waals surface area contributed by atoms with Gasteiger partial charge in [0.05, 0.1) is 28.3 Å². The van der Waals surface area contributed by atoms with E-state index in [1.807, 2.05) is 121 Å². The number of rotatable bonds is 6. The summed E-state index contributed by atoms with van der Waals surface area (Å²) in [4.78, 5) is 12.1. The van der Waals surface area contributed by atoms with Crippen molar-refractivity contribution < 1.29 is 29.3 Å². The van der Waals surface area contributed by atoms with E-state index in [0.29, 0.717) is 22.4 Å². The molecule has 0 fully saturated rings. The van der Waals surface area contributed by atoms with Gasteiger partial charge < -0.3 is 34.2 Å². The second kappa shape index (κ2) is 12.7. The molecule has 0 unspecified atom stereocenters. The number of para-hydroxylation sites is 3. The predicted octanol–water partition coefficient (Wildman–Crippen LogP) is 9.83. The Morgan fingerprint density at radius 3 is 1.91 bits per heavy atom. The monoisotopic (exact) mass is 731 g/mol. The maximum absolute atomic E-state index is 11.2. The van der Waals surface area contributed by atoms with Gasteiger partial charge in [0.25, 0.3) is 0 Å². The van der Waals surface area contributed by atoms with Crippen molar-refractivity contribution >= 4 is 74.2 Å². The molecule has 4 N–H and O–H groups in total. The van der Waals surface area contributed by atoms with Gasteiger partial charge in [0, 0.05) is 44.4 Å². The molecule has 10 rings (SSSR count). The highest BCUT2D eigenvalue weighted by molar-refractivity contribution is 6.37. The van der Waals surface area contributed by atoms with Crippen LogP contribution in [0.15, 0.2) is 154 Å². The van der Waals surface area contributed by atoms with Gasteiger partial charge in [-0.3, -0.25) is 0 Å². The van der Waals surface area contributed by atoms with Gasteiger partial charge in [-0.25, -0.2) is 9.97 Å². The fraction of sp³-hybridized carbons (Fsp3) is 0. The molecule has 3 aromatic heterocycles. The summed E-state index contributed by atoms with van der Waals surface area (Å²) in [6.45, 7) is 0. The third-order valence-corrected chi connectivity index (χ3v) is 10.3. The molecule has 10 aromatic rings. The summed E-state index contributed by atoms with van der Waals surface area (Å²) >= 11 is 0. The number of anilines is 3. The number of hydrogen-bond acceptors (Lipinski definition) is 9. The summed E-state index contributed by atoms with van der Waals surface area (Å²) < 4.78 is 13.1. The number of aromatic nitrogens is 2. The number of furan rings is 2. The van der Waals surface area contributed by atoms with Gasteiger partial charge in [-0.1, -0.05) is 84.9 Å². The quantitative estimate of drug-likeness (QED) is 0.0749. The van der Waals surface area contributed by atoms with Crippen LogP contribution in [0.3, 0.4) is 0 Å². The molecule has 0 radical (unpaired) electrons. The highest BCUT2D eigenvalue weighted by Gasteiger charge is 2.27. The first-order valence-corrected chi connectivity index (χ1v) is 18.0. The Morgan fingerprint density at radius 2 is 1.14 bits per heavy atom. The minimum absolute atomic E-state index is 0.00821. The Hall–Kier alpha value is -7.72. The lowest BCUT2D eigenvalue weighted by atomic mass is 9.89. The summed E-state index contributed by atoms with van der Waals surface area (Å²) in [7, 11) is 1.44. The molecule has 0 saturated heterocycles. The average molecular weight is 732 g/mol. The van der Waals surface area contributed by atoms with Gasteiger partial charge >= 0.3 is 0 Å². The van der Waals surface area contributed by atoms with Crippen LogP contribution in [0.1, 0.15) is 0 Å². The number of fused-ring (bicyclic) bond motifs is 6. The molecule has 0 bridgehead atoms. The Morgan fingerprint density at radius 1 is 0.500 bits per heavy atom. The first kappa shape index (κ1) is 32.9. The minimum Gasteiger partial charge on any atom is -0.508 e. The van der Waals surface area contributed by atoms with E-state index in [2.05, 4.69) is 23.1 Å². The van der Waals surface area contributed by atoms with Gasteiger partial charge in [0.15, 0.2) is 22.9 Å². The van der Waals surface area contributed by atoms with Crippen molar-refractivity contribution in [3.8, 4) is 56.9 Å². The first-order valence-electron chi connectivity index (χ1n) is 18.0. The van der Waals surface area contributed by atoms with Crippen LogP contribution in [0.2, 0.25) is 0 Å². The van der Waals surface area contributed by atoms with Crippen molar-refractivity contribution in [3.05, 3.63) is 146 Å². The van der Waals surface area contributed by atoms with E-state index < -0.39 is 23.0 Å². The van der Waals surface area contributed by atoms with Crippen molar-refractivity contribution in [1.29, 1.82) is 0 Å². The number of nitrogens with zero attached hydrogens (tertiary/aromatic N) is 3. The molecule has 0 spiro atoms. The SMILES string of the molecule is Bc1c(O)c(O)c(O)c(-c2cc(-c3ccccc3)nc(-c3ccc(N(c4ccccc4)c4ccc5c(c4)oc4ccccc45)c4oc5ccccc5c34)n2)c1O. The molecule has 10 heteroatoms. The molecule has 0 aliphatic carbocycles. The summed E-state index contributed by atoms with van der Waals surface area (Å²) in [5.41, 5.74) is 7.20. The number of phenolic OH excluding ortho intramolecular Hbond substituents is 4. The number of aromatic hydroxyl groups is 4. The standard InChI is InChI=1S/C46H30BN3O6/c47-40-41(51)39(42(52)44(54)43(40)53)33-24-32(25-11-3-1-4-12-25)48-46(49-33)31-21-22-34(45-38(31)30-16-8-10-18-36(30)56-45)50(26-13-5-2-6-14-26)27-19-20-29-28-15-7-9-17-35(28)55-37(29)23-27/h1-24,51-54H,47H2. The number of benzene rings is 7. The van der Waals surface area contributed by atoms with Gasteiger partial charge in [-0.2, -0.15) is 0 Å². The lowest BCUT2D eigenvalue weighted by Gasteiger charge is -2.26. The fourth-order valence-corrected chi connectivity index (χ4v) is 7.55. The molecule has 0 amide bonds. The van der Waals surface area contributed by atoms with Crippen LogP contribution >= 0.6 is 0 Å². The maximum Gasteiger partial charge on any atom is 0.200 e. The highest BCUT2D eigenvalue weighted by Crippen LogP contribution is 2.49. The molecule has 0 atom stereocenters. The molecular formula is C46H30BN3O6. The Balaban J connectivity index is 1.25. The van der Waals surface area contributed by atoms with Crippen LogP contribution in [0.4, 0.5) is 17.1 Å². The zero-order chi connectivity index (χ0) is 38.1. The molecule has 268 valence electrons. The van der Waals surface area contributed by atoms with E-state index in [9.17, 15) is 20.4 Å². The number of hydrogen-bond donors (Lipinski definition) is 4. The zero-order valence-corrected chi connectivity index (χ0v) is 29.8. The molecule has 0 aliphatic rings. The Kier molecular flexibility index (Phi) is 7.47. The van der Waals surface area contributed by atoms with Crippen LogP contribution < -0.4 is 10.4 Å². The van der Waals surface area contributed by atoms with Gasteiger partial charge in [-0.05, 0) is 60.1 Å². The third-order valence-electron chi connectivity index (χ3n) is 10.3. The maximum atomic E-state index is 11.2. The number of phenols is 4. The summed E-state index contributed by atoms with van der Waals surface area (Å²) in [5, 5.41) is 47.0. The van der Waals surface area contributed by atoms with Crippen molar-refractivity contribution in [2.24, 2.45) is 0 Å². The first-order chi connectivity index (χ1) is 27.4. The van der Waals surface area contributed by atoms with E-state index in [1.165, 1.54) is 7.85 Å². The van der Waals surface area contributed by atoms with Crippen molar-refractivity contribution in [2.75, 3.05) is 4.90 Å². The minimum atomic E-state index is -0.758. The normalized spacial score (nSPS) is 11.6. The van der Waals surface area contributed by atoms with Crippen LogP contribution in [0.5, 0.6) is 23.0 Å². The van der Waals surface area contributed by atoms with Crippen LogP contribution in [0.25, 0.3) is 77.8 Å². The Bertz CT molecular complexity index is 3130.